The van der Waals surface area contributed by atoms with Gasteiger partial charge in [-0.25, -0.2) is 23.1 Å². The average Bonchev–Trinajstić information content (AvgIpc) is 2.68. The molecule has 1 aliphatic rings. The number of rotatable bonds is 5. The molecule has 168 valence electrons. The summed E-state index contributed by atoms with van der Waals surface area (Å²) >= 11 is 5.89. The summed E-state index contributed by atoms with van der Waals surface area (Å²) in [6.07, 6.45) is -3.29. The van der Waals surface area contributed by atoms with Gasteiger partial charge in [-0.05, 0) is 36.5 Å². The summed E-state index contributed by atoms with van der Waals surface area (Å²) in [5, 5.41) is 2.41. The third kappa shape index (κ3) is 5.66. The number of carbonyl (C=O) groups is 1. The van der Waals surface area contributed by atoms with Crippen LogP contribution < -0.4 is 5.32 Å². The van der Waals surface area contributed by atoms with Crippen LogP contribution in [0.1, 0.15) is 53.3 Å². The normalized spacial score (nSPS) is 17.9. The summed E-state index contributed by atoms with van der Waals surface area (Å²) in [4.78, 5) is 19.1. The number of hydrogen-bond donors (Lipinski definition) is 1. The molecule has 31 heavy (non-hydrogen) atoms. The fourth-order valence-electron chi connectivity index (χ4n) is 3.70. The smallest absolute Gasteiger partial charge is 0.351 e. The van der Waals surface area contributed by atoms with E-state index in [9.17, 15) is 31.1 Å². The van der Waals surface area contributed by atoms with E-state index in [1.165, 1.54) is 12.1 Å². The lowest BCUT2D eigenvalue weighted by atomic mass is 9.76. The number of hydrogen-bond acceptors (Lipinski definition) is 3. The molecule has 1 aromatic heterocycles. The second kappa shape index (κ2) is 9.02. The zero-order valence-electron chi connectivity index (χ0n) is 16.0. The van der Waals surface area contributed by atoms with Crippen LogP contribution in [0.2, 0.25) is 5.02 Å². The van der Waals surface area contributed by atoms with Gasteiger partial charge in [0.1, 0.15) is 5.82 Å². The van der Waals surface area contributed by atoms with E-state index in [1.54, 1.807) is 0 Å². The number of amides is 1. The van der Waals surface area contributed by atoms with Gasteiger partial charge in [0.15, 0.2) is 0 Å². The molecule has 1 unspecified atom stereocenters. The SMILES string of the molecule is O=C(NCC(c1cnc(C(F)(F)F)nc1)C1CCC(F)(F)CC1)c1c(F)cccc1Cl. The van der Waals surface area contributed by atoms with E-state index in [0.29, 0.717) is 0 Å². The van der Waals surface area contributed by atoms with Crippen LogP contribution in [0, 0.1) is 11.7 Å². The van der Waals surface area contributed by atoms with Crippen molar-refractivity contribution >= 4 is 17.5 Å². The first-order valence-corrected chi connectivity index (χ1v) is 9.85. The molecule has 0 spiro atoms. The zero-order valence-corrected chi connectivity index (χ0v) is 16.8. The van der Waals surface area contributed by atoms with E-state index in [-0.39, 0.29) is 54.3 Å². The first-order chi connectivity index (χ1) is 14.5. The standard InChI is InChI=1S/C20H18ClF6N3O/c21-14-2-1-3-15(22)16(14)17(31)28-10-13(11-4-6-19(23,24)7-5-11)12-8-29-18(30-9-12)20(25,26)27/h1-3,8-9,11,13H,4-7,10H2,(H,28,31). The Kier molecular flexibility index (Phi) is 6.78. The average molecular weight is 466 g/mol. The van der Waals surface area contributed by atoms with Crippen molar-refractivity contribution in [3.63, 3.8) is 0 Å². The number of benzene rings is 1. The van der Waals surface area contributed by atoms with Crippen LogP contribution in [0.5, 0.6) is 0 Å². The predicted molar refractivity (Wildman–Crippen MR) is 100 cm³/mol. The summed E-state index contributed by atoms with van der Waals surface area (Å²) in [5.41, 5.74) is -0.107. The molecule has 1 aliphatic carbocycles. The predicted octanol–water partition coefficient (Wildman–Crippen LogP) is 5.63. The zero-order chi connectivity index (χ0) is 22.8. The van der Waals surface area contributed by atoms with Crippen molar-refractivity contribution in [3.8, 4) is 0 Å². The van der Waals surface area contributed by atoms with Crippen LogP contribution in [0.25, 0.3) is 0 Å². The number of alkyl halides is 5. The molecule has 11 heteroatoms. The molecule has 1 aromatic carbocycles. The first kappa shape index (κ1) is 23.3. The summed E-state index contributed by atoms with van der Waals surface area (Å²) in [7, 11) is 0. The fourth-order valence-corrected chi connectivity index (χ4v) is 3.95. The molecule has 1 heterocycles. The Balaban J connectivity index is 1.82. The van der Waals surface area contributed by atoms with Crippen molar-refractivity contribution < 1.29 is 31.1 Å². The molecule has 3 rings (SSSR count). The fraction of sp³-hybridized carbons (Fsp3) is 0.450. The van der Waals surface area contributed by atoms with E-state index in [0.717, 1.165) is 18.5 Å². The van der Waals surface area contributed by atoms with E-state index >= 15 is 0 Å². The maximum absolute atomic E-state index is 14.0. The van der Waals surface area contributed by atoms with Gasteiger partial charge in [-0.3, -0.25) is 4.79 Å². The van der Waals surface area contributed by atoms with Crippen molar-refractivity contribution in [3.05, 3.63) is 58.4 Å². The molecule has 2 aromatic rings. The lowest BCUT2D eigenvalue weighted by molar-refractivity contribution is -0.145. The van der Waals surface area contributed by atoms with Crippen LogP contribution in [-0.4, -0.2) is 28.3 Å². The molecule has 1 fully saturated rings. The van der Waals surface area contributed by atoms with E-state index < -0.39 is 35.6 Å². The quantitative estimate of drug-likeness (QED) is 0.582. The van der Waals surface area contributed by atoms with Crippen molar-refractivity contribution in [2.45, 2.75) is 43.7 Å². The molecule has 1 N–H and O–H groups in total. The number of nitrogens with one attached hydrogen (secondary N) is 1. The van der Waals surface area contributed by atoms with Crippen LogP contribution in [0.3, 0.4) is 0 Å². The van der Waals surface area contributed by atoms with Crippen molar-refractivity contribution in [1.29, 1.82) is 0 Å². The van der Waals surface area contributed by atoms with Gasteiger partial charge in [0.2, 0.25) is 11.7 Å². The molecule has 1 atom stereocenters. The molecular weight excluding hydrogens is 448 g/mol. The second-order valence-corrected chi connectivity index (χ2v) is 7.85. The Hall–Kier alpha value is -2.36. The molecular formula is C20H18ClF6N3O. The summed E-state index contributed by atoms with van der Waals surface area (Å²) in [6, 6.07) is 3.73. The van der Waals surface area contributed by atoms with Crippen molar-refractivity contribution in [2.75, 3.05) is 6.54 Å². The number of carbonyl (C=O) groups excluding carboxylic acids is 1. The van der Waals surface area contributed by atoms with Gasteiger partial charge in [-0.15, -0.1) is 0 Å². The number of halogens is 7. The molecule has 1 amide bonds. The molecule has 1 saturated carbocycles. The monoisotopic (exact) mass is 465 g/mol. The van der Waals surface area contributed by atoms with Crippen LogP contribution in [0.15, 0.2) is 30.6 Å². The number of aromatic nitrogens is 2. The minimum atomic E-state index is -4.73. The van der Waals surface area contributed by atoms with Crippen molar-refractivity contribution in [1.82, 2.24) is 15.3 Å². The van der Waals surface area contributed by atoms with Gasteiger partial charge < -0.3 is 5.32 Å². The largest absolute Gasteiger partial charge is 0.451 e. The molecule has 0 bridgehead atoms. The Morgan fingerprint density at radius 1 is 1.19 bits per heavy atom. The van der Waals surface area contributed by atoms with Crippen LogP contribution in [0.4, 0.5) is 26.3 Å². The molecule has 0 radical (unpaired) electrons. The van der Waals surface area contributed by atoms with Gasteiger partial charge in [0, 0.05) is 37.7 Å². The van der Waals surface area contributed by atoms with E-state index in [4.69, 9.17) is 11.6 Å². The maximum atomic E-state index is 14.0. The van der Waals surface area contributed by atoms with Gasteiger partial charge >= 0.3 is 6.18 Å². The summed E-state index contributed by atoms with van der Waals surface area (Å²) in [5.74, 6) is -6.77. The third-order valence-corrected chi connectivity index (χ3v) is 5.67. The lowest BCUT2D eigenvalue weighted by Gasteiger charge is -2.34. The van der Waals surface area contributed by atoms with Crippen LogP contribution >= 0.6 is 11.6 Å². The summed E-state index contributed by atoms with van der Waals surface area (Å²) < 4.78 is 79.4. The highest BCUT2D eigenvalue weighted by atomic mass is 35.5. The minimum absolute atomic E-state index is 0.106. The Morgan fingerprint density at radius 3 is 2.35 bits per heavy atom. The molecule has 4 nitrogen and oxygen atoms in total. The van der Waals surface area contributed by atoms with Gasteiger partial charge in [-0.2, -0.15) is 13.2 Å². The molecule has 0 aliphatic heterocycles. The highest BCUT2D eigenvalue weighted by Crippen LogP contribution is 2.42. The van der Waals surface area contributed by atoms with Gasteiger partial charge in [0.05, 0.1) is 10.6 Å². The Morgan fingerprint density at radius 2 is 1.81 bits per heavy atom. The third-order valence-electron chi connectivity index (χ3n) is 5.36. The van der Waals surface area contributed by atoms with Crippen molar-refractivity contribution in [2.24, 2.45) is 5.92 Å². The Labute approximate surface area is 179 Å². The maximum Gasteiger partial charge on any atom is 0.451 e. The van der Waals surface area contributed by atoms with Crippen LogP contribution in [-0.2, 0) is 6.18 Å². The first-order valence-electron chi connectivity index (χ1n) is 9.47. The van der Waals surface area contributed by atoms with E-state index in [2.05, 4.69) is 15.3 Å². The highest BCUT2D eigenvalue weighted by Gasteiger charge is 2.39. The second-order valence-electron chi connectivity index (χ2n) is 7.44. The number of nitrogens with zero attached hydrogens (tertiary/aromatic N) is 2. The Bertz CT molecular complexity index is 905. The minimum Gasteiger partial charge on any atom is -0.351 e. The highest BCUT2D eigenvalue weighted by molar-refractivity contribution is 6.33. The van der Waals surface area contributed by atoms with Gasteiger partial charge in [0.25, 0.3) is 5.91 Å². The van der Waals surface area contributed by atoms with E-state index in [1.807, 2.05) is 0 Å². The molecule has 0 saturated heterocycles. The van der Waals surface area contributed by atoms with Gasteiger partial charge in [-0.1, -0.05) is 17.7 Å². The lowest BCUT2D eigenvalue weighted by Crippen LogP contribution is -2.35. The summed E-state index contributed by atoms with van der Waals surface area (Å²) in [6.45, 7) is -0.130. The topological polar surface area (TPSA) is 54.9 Å².